The van der Waals surface area contributed by atoms with Gasteiger partial charge < -0.3 is 39.0 Å². The van der Waals surface area contributed by atoms with Crippen molar-refractivity contribution < 1.29 is 58.2 Å². The minimum Gasteiger partial charge on any atom is -0.479 e. The largest absolute Gasteiger partial charge is 0.479 e. The van der Waals surface area contributed by atoms with E-state index in [4.69, 9.17) is 23.7 Å². The highest BCUT2D eigenvalue weighted by molar-refractivity contribution is 5.74. The molecule has 0 aliphatic carbocycles. The van der Waals surface area contributed by atoms with Crippen LogP contribution in [0.1, 0.15) is 290 Å². The van der Waals surface area contributed by atoms with E-state index in [9.17, 15) is 34.5 Å². The van der Waals surface area contributed by atoms with E-state index in [1.165, 1.54) is 109 Å². The number of ether oxygens (including phenoxy) is 5. The second-order valence-electron chi connectivity index (χ2n) is 22.7. The number of aliphatic hydroxyl groups excluding tert-OH is 2. The second kappa shape index (κ2) is 58.3. The topological polar surface area (TPSA) is 175 Å². The summed E-state index contributed by atoms with van der Waals surface area (Å²) < 4.78 is 28.5. The fourth-order valence-electron chi connectivity index (χ4n) is 9.84. The van der Waals surface area contributed by atoms with E-state index in [1.54, 1.807) is 0 Å². The van der Waals surface area contributed by atoms with Gasteiger partial charge in [0.25, 0.3) is 0 Å². The highest BCUT2D eigenvalue weighted by Gasteiger charge is 2.50. The molecule has 1 rings (SSSR count). The Hall–Kier alpha value is -4.10. The van der Waals surface area contributed by atoms with Crippen LogP contribution < -0.4 is 0 Å². The number of carboxylic acids is 1. The van der Waals surface area contributed by atoms with Crippen LogP contribution in [-0.2, 0) is 42.9 Å². The Labute approximate surface area is 505 Å². The molecule has 0 saturated carbocycles. The Morgan fingerprint density at radius 1 is 0.410 bits per heavy atom. The minimum absolute atomic E-state index is 0.0418. The fourth-order valence-corrected chi connectivity index (χ4v) is 9.84. The molecule has 0 bridgehead atoms. The zero-order valence-corrected chi connectivity index (χ0v) is 52.7. The lowest BCUT2D eigenvalue weighted by Gasteiger charge is -2.40. The first-order valence-corrected chi connectivity index (χ1v) is 33.6. The number of esters is 3. The molecule has 6 unspecified atom stereocenters. The van der Waals surface area contributed by atoms with Gasteiger partial charge >= 0.3 is 23.9 Å². The van der Waals surface area contributed by atoms with Crippen LogP contribution in [0, 0.1) is 0 Å². The lowest BCUT2D eigenvalue weighted by Crippen LogP contribution is -2.61. The molecule has 0 radical (unpaired) electrons. The summed E-state index contributed by atoms with van der Waals surface area (Å²) in [5.74, 6) is -3.15. The van der Waals surface area contributed by atoms with Crippen LogP contribution in [0.4, 0.5) is 0 Å². The Kier molecular flexibility index (Phi) is 54.0. The number of rotatable bonds is 57. The van der Waals surface area contributed by atoms with Crippen molar-refractivity contribution in [3.8, 4) is 0 Å². The lowest BCUT2D eigenvalue weighted by atomic mass is 9.98. The van der Waals surface area contributed by atoms with Gasteiger partial charge in [0.2, 0.25) is 0 Å². The summed E-state index contributed by atoms with van der Waals surface area (Å²) >= 11 is 0. The van der Waals surface area contributed by atoms with Gasteiger partial charge in [-0.2, -0.15) is 0 Å². The van der Waals surface area contributed by atoms with Crippen LogP contribution in [-0.4, -0.2) is 89.2 Å². The summed E-state index contributed by atoms with van der Waals surface area (Å²) in [6.45, 7) is 5.87. The number of allylic oxidation sites excluding steroid dienone is 14. The molecule has 1 heterocycles. The van der Waals surface area contributed by atoms with Gasteiger partial charge in [-0.25, -0.2) is 4.79 Å². The first-order chi connectivity index (χ1) is 40.6. The zero-order valence-electron chi connectivity index (χ0n) is 52.7. The van der Waals surface area contributed by atoms with Crippen LogP contribution in [0.15, 0.2) is 85.1 Å². The summed E-state index contributed by atoms with van der Waals surface area (Å²) in [5.41, 5.74) is 0. The van der Waals surface area contributed by atoms with Gasteiger partial charge in [-0.15, -0.1) is 0 Å². The van der Waals surface area contributed by atoms with Crippen molar-refractivity contribution in [3.63, 3.8) is 0 Å². The van der Waals surface area contributed by atoms with Gasteiger partial charge in [0.1, 0.15) is 18.8 Å². The van der Waals surface area contributed by atoms with Crippen molar-refractivity contribution >= 4 is 23.9 Å². The van der Waals surface area contributed by atoms with Crippen molar-refractivity contribution in [2.75, 3.05) is 13.2 Å². The number of carbonyl (C=O) groups excluding carboxylic acids is 3. The standard InChI is InChI=1S/C71H120O12/c1-4-7-10-13-16-19-22-25-28-31-32-35-38-41-44-47-50-53-56-59-65(74)82-69-67(76)66(75)68(70(77)78)83-71(69)80-61-62(81-64(73)58-55-52-49-46-43-40-37-34-30-27-24-21-18-15-12-9-6-3)60-79-63(72)57-54-51-48-45-42-39-36-33-29-26-23-20-17-14-11-8-5-2/h8,11,16-17,19-20,25-26,28-29,32,35-36,39,62,66-69,71,75-76H,4-7,9-10,12-15,18,21-24,27,30-31,33-34,37-38,40-61H2,1-3H3,(H,77,78)/b11-8-,19-16-,20-17-,28-25-,29-26-,35-32-,39-36-. The number of aliphatic hydroxyl groups is 2. The molecule has 1 saturated heterocycles. The Bertz CT molecular complexity index is 1760. The van der Waals surface area contributed by atoms with Crippen LogP contribution in [0.2, 0.25) is 0 Å². The third kappa shape index (κ3) is 47.8. The van der Waals surface area contributed by atoms with E-state index < -0.39 is 67.3 Å². The molecule has 12 heteroatoms. The van der Waals surface area contributed by atoms with E-state index in [0.29, 0.717) is 19.3 Å². The molecule has 0 aromatic rings. The van der Waals surface area contributed by atoms with Crippen molar-refractivity contribution in [2.45, 2.75) is 327 Å². The third-order valence-corrected chi connectivity index (χ3v) is 15.0. The molecule has 0 aromatic carbocycles. The van der Waals surface area contributed by atoms with Crippen molar-refractivity contribution in [1.82, 2.24) is 0 Å². The Morgan fingerprint density at radius 2 is 0.759 bits per heavy atom. The highest BCUT2D eigenvalue weighted by Crippen LogP contribution is 2.27. The first kappa shape index (κ1) is 76.9. The molecule has 3 N–H and O–H groups in total. The maximum atomic E-state index is 13.2. The summed E-state index contributed by atoms with van der Waals surface area (Å²) in [4.78, 5) is 51.4. The molecule has 0 aromatic heterocycles. The molecule has 0 amide bonds. The number of aliphatic carboxylic acids is 1. The number of carbonyl (C=O) groups is 4. The quantitative estimate of drug-likeness (QED) is 0.0228. The third-order valence-electron chi connectivity index (χ3n) is 15.0. The molecular formula is C71H120O12. The van der Waals surface area contributed by atoms with E-state index in [1.807, 2.05) is 0 Å². The van der Waals surface area contributed by atoms with Crippen LogP contribution in [0.5, 0.6) is 0 Å². The minimum atomic E-state index is -1.91. The van der Waals surface area contributed by atoms with E-state index in [-0.39, 0.29) is 25.9 Å². The van der Waals surface area contributed by atoms with Gasteiger partial charge in [-0.05, 0) is 96.3 Å². The fraction of sp³-hybridized carbons (Fsp3) is 0.746. The lowest BCUT2D eigenvalue weighted by molar-refractivity contribution is -0.301. The zero-order chi connectivity index (χ0) is 60.3. The first-order valence-electron chi connectivity index (χ1n) is 33.6. The van der Waals surface area contributed by atoms with E-state index >= 15 is 0 Å². The van der Waals surface area contributed by atoms with Gasteiger partial charge in [0, 0.05) is 19.3 Å². The predicted molar refractivity (Wildman–Crippen MR) is 340 cm³/mol. The highest BCUT2D eigenvalue weighted by atomic mass is 16.7. The molecule has 1 fully saturated rings. The summed E-state index contributed by atoms with van der Waals surface area (Å²) in [7, 11) is 0. The SMILES string of the molecule is CC/C=C\C/C=C\C/C=C\C/C=C\CCCCCCC(=O)OCC(COC1OC(C(=O)O)C(O)C(O)C1OC(=O)CCCCCCCC/C=C\C/C=C\C/C=C\CCCCC)OC(=O)CCCCCCCCCCCCCCCCCCC. The molecule has 1 aliphatic rings. The van der Waals surface area contributed by atoms with E-state index in [2.05, 4.69) is 106 Å². The van der Waals surface area contributed by atoms with Crippen molar-refractivity contribution in [3.05, 3.63) is 85.1 Å². The second-order valence-corrected chi connectivity index (χ2v) is 22.7. The number of hydrogen-bond donors (Lipinski definition) is 3. The van der Waals surface area contributed by atoms with Crippen molar-refractivity contribution in [2.24, 2.45) is 0 Å². The maximum Gasteiger partial charge on any atom is 0.335 e. The molecule has 476 valence electrons. The number of carboxylic acid groups (broad SMARTS) is 1. The Balaban J connectivity index is 2.67. The van der Waals surface area contributed by atoms with Gasteiger partial charge in [0.05, 0.1) is 6.61 Å². The van der Waals surface area contributed by atoms with Crippen molar-refractivity contribution in [1.29, 1.82) is 0 Å². The van der Waals surface area contributed by atoms with Crippen LogP contribution in [0.3, 0.4) is 0 Å². The molecule has 6 atom stereocenters. The van der Waals surface area contributed by atoms with Gasteiger partial charge in [-0.1, -0.05) is 260 Å². The summed E-state index contributed by atoms with van der Waals surface area (Å²) in [6, 6.07) is 0. The van der Waals surface area contributed by atoms with E-state index in [0.717, 1.165) is 122 Å². The molecule has 1 aliphatic heterocycles. The van der Waals surface area contributed by atoms with Crippen LogP contribution >= 0.6 is 0 Å². The van der Waals surface area contributed by atoms with Gasteiger partial charge in [0.15, 0.2) is 24.6 Å². The molecule has 12 nitrogen and oxygen atoms in total. The average molecular weight is 1170 g/mol. The normalized spacial score (nSPS) is 18.1. The molecule has 0 spiro atoms. The Morgan fingerprint density at radius 3 is 1.18 bits per heavy atom. The molecular weight excluding hydrogens is 1040 g/mol. The average Bonchev–Trinajstić information content (AvgIpc) is 3.58. The van der Waals surface area contributed by atoms with Gasteiger partial charge in [-0.3, -0.25) is 14.4 Å². The summed E-state index contributed by atoms with van der Waals surface area (Å²) in [6.07, 6.45) is 63.9. The maximum absolute atomic E-state index is 13.2. The molecule has 83 heavy (non-hydrogen) atoms. The van der Waals surface area contributed by atoms with Crippen LogP contribution in [0.25, 0.3) is 0 Å². The number of unbranched alkanes of at least 4 members (excludes halogenated alkanes) is 29. The summed E-state index contributed by atoms with van der Waals surface area (Å²) in [5, 5.41) is 31.6. The predicted octanol–water partition coefficient (Wildman–Crippen LogP) is 18.2. The number of hydrogen-bond acceptors (Lipinski definition) is 11. The smallest absolute Gasteiger partial charge is 0.335 e. The monoisotopic (exact) mass is 1160 g/mol.